The fourth-order valence-electron chi connectivity index (χ4n) is 2.16. The molecule has 0 spiro atoms. The van der Waals surface area contributed by atoms with Crippen LogP contribution in [0.15, 0.2) is 24.4 Å². The number of phenolic OH excluding ortho intramolecular Hbond substituents is 1. The fourth-order valence-corrected chi connectivity index (χ4v) is 2.16. The zero-order valence-electron chi connectivity index (χ0n) is 9.83. The van der Waals surface area contributed by atoms with Crippen molar-refractivity contribution in [2.75, 3.05) is 13.6 Å². The summed E-state index contributed by atoms with van der Waals surface area (Å²) in [7, 11) is 3.98. The van der Waals surface area contributed by atoms with Gasteiger partial charge in [0.25, 0.3) is 0 Å². The Balaban J connectivity index is 2.37. The lowest BCUT2D eigenvalue weighted by atomic mass is 10.1. The molecule has 2 aromatic rings. The van der Waals surface area contributed by atoms with Crippen molar-refractivity contribution in [2.24, 2.45) is 7.05 Å². The molecule has 3 heteroatoms. The average Bonchev–Trinajstić information content (AvgIpc) is 2.58. The van der Waals surface area contributed by atoms with Gasteiger partial charge in [-0.25, -0.2) is 0 Å². The molecule has 0 saturated carbocycles. The number of rotatable bonds is 4. The van der Waals surface area contributed by atoms with E-state index in [9.17, 15) is 5.11 Å². The lowest BCUT2D eigenvalue weighted by molar-refractivity contribution is 0.481. The van der Waals surface area contributed by atoms with Crippen LogP contribution in [0.3, 0.4) is 0 Å². The Bertz CT molecular complexity index is 488. The molecule has 2 rings (SSSR count). The second-order valence-corrected chi connectivity index (χ2v) is 4.14. The summed E-state index contributed by atoms with van der Waals surface area (Å²) >= 11 is 0. The van der Waals surface area contributed by atoms with Crippen molar-refractivity contribution in [1.82, 2.24) is 9.88 Å². The number of nitrogens with zero attached hydrogens (tertiary/aromatic N) is 1. The Kier molecular flexibility index (Phi) is 3.15. The number of phenols is 1. The minimum Gasteiger partial charge on any atom is -0.507 e. The Morgan fingerprint density at radius 1 is 1.38 bits per heavy atom. The molecule has 2 N–H and O–H groups in total. The SMILES string of the molecule is CNCCCc1cn(C)c2cccc(O)c12. The molecule has 16 heavy (non-hydrogen) atoms. The van der Waals surface area contributed by atoms with Crippen LogP contribution >= 0.6 is 0 Å². The van der Waals surface area contributed by atoms with Crippen LogP contribution in [0.25, 0.3) is 10.9 Å². The molecule has 1 aromatic carbocycles. The van der Waals surface area contributed by atoms with Gasteiger partial charge in [0.15, 0.2) is 0 Å². The number of aromatic nitrogens is 1. The van der Waals surface area contributed by atoms with Crippen LogP contribution in [0.4, 0.5) is 0 Å². The van der Waals surface area contributed by atoms with Crippen LogP contribution in [0.1, 0.15) is 12.0 Å². The molecule has 0 aliphatic heterocycles. The summed E-state index contributed by atoms with van der Waals surface area (Å²) in [6.07, 6.45) is 4.19. The molecule has 0 bridgehead atoms. The topological polar surface area (TPSA) is 37.2 Å². The number of aromatic hydroxyl groups is 1. The Morgan fingerprint density at radius 3 is 2.94 bits per heavy atom. The van der Waals surface area contributed by atoms with Gasteiger partial charge < -0.3 is 15.0 Å². The van der Waals surface area contributed by atoms with Crippen LogP contribution in [-0.2, 0) is 13.5 Å². The average molecular weight is 218 g/mol. The molecule has 1 aromatic heterocycles. The monoisotopic (exact) mass is 218 g/mol. The number of fused-ring (bicyclic) bond motifs is 1. The van der Waals surface area contributed by atoms with E-state index in [1.807, 2.05) is 26.2 Å². The summed E-state index contributed by atoms with van der Waals surface area (Å²) in [6, 6.07) is 5.68. The number of nitrogens with one attached hydrogen (secondary N) is 1. The smallest absolute Gasteiger partial charge is 0.125 e. The van der Waals surface area contributed by atoms with Gasteiger partial charge in [0.2, 0.25) is 0 Å². The molecule has 0 unspecified atom stereocenters. The Morgan fingerprint density at radius 2 is 2.19 bits per heavy atom. The minimum atomic E-state index is 0.387. The predicted octanol–water partition coefficient (Wildman–Crippen LogP) is 2.04. The molecular weight excluding hydrogens is 200 g/mol. The van der Waals surface area contributed by atoms with Gasteiger partial charge in [0.1, 0.15) is 5.75 Å². The number of hydrogen-bond donors (Lipinski definition) is 2. The quantitative estimate of drug-likeness (QED) is 0.771. The highest BCUT2D eigenvalue weighted by Crippen LogP contribution is 2.29. The summed E-state index contributed by atoms with van der Waals surface area (Å²) in [6.45, 7) is 1.00. The largest absolute Gasteiger partial charge is 0.507 e. The van der Waals surface area contributed by atoms with E-state index in [1.165, 1.54) is 5.56 Å². The summed E-state index contributed by atoms with van der Waals surface area (Å²) < 4.78 is 2.07. The van der Waals surface area contributed by atoms with Gasteiger partial charge in [-0.15, -0.1) is 0 Å². The Labute approximate surface area is 95.7 Å². The van der Waals surface area contributed by atoms with E-state index in [0.29, 0.717) is 5.75 Å². The zero-order chi connectivity index (χ0) is 11.5. The highest BCUT2D eigenvalue weighted by Gasteiger charge is 2.09. The Hall–Kier alpha value is -1.48. The number of hydrogen-bond acceptors (Lipinski definition) is 2. The third-order valence-corrected chi connectivity index (χ3v) is 2.94. The molecule has 86 valence electrons. The van der Waals surface area contributed by atoms with Crippen LogP contribution in [0, 0.1) is 0 Å². The zero-order valence-corrected chi connectivity index (χ0v) is 9.83. The van der Waals surface area contributed by atoms with Crippen molar-refractivity contribution in [3.05, 3.63) is 30.0 Å². The van der Waals surface area contributed by atoms with E-state index in [4.69, 9.17) is 0 Å². The number of aryl methyl sites for hydroxylation is 2. The first-order valence-electron chi connectivity index (χ1n) is 5.64. The van der Waals surface area contributed by atoms with Crippen molar-refractivity contribution in [3.63, 3.8) is 0 Å². The van der Waals surface area contributed by atoms with E-state index in [2.05, 4.69) is 16.1 Å². The molecule has 1 heterocycles. The minimum absolute atomic E-state index is 0.387. The molecule has 0 fully saturated rings. The van der Waals surface area contributed by atoms with Crippen molar-refractivity contribution < 1.29 is 5.11 Å². The second kappa shape index (κ2) is 4.58. The van der Waals surface area contributed by atoms with Crippen LogP contribution < -0.4 is 5.32 Å². The second-order valence-electron chi connectivity index (χ2n) is 4.14. The lowest BCUT2D eigenvalue weighted by Crippen LogP contribution is -2.08. The highest BCUT2D eigenvalue weighted by atomic mass is 16.3. The maximum absolute atomic E-state index is 9.89. The van der Waals surface area contributed by atoms with E-state index >= 15 is 0 Å². The van der Waals surface area contributed by atoms with Gasteiger partial charge in [-0.1, -0.05) is 6.07 Å². The first-order valence-corrected chi connectivity index (χ1v) is 5.64. The standard InChI is InChI=1S/C13H18N2O/c1-14-8-4-5-10-9-15(2)11-6-3-7-12(16)13(10)11/h3,6-7,9,14,16H,4-5,8H2,1-2H3. The third-order valence-electron chi connectivity index (χ3n) is 2.94. The van der Waals surface area contributed by atoms with Crippen LogP contribution in [-0.4, -0.2) is 23.3 Å². The van der Waals surface area contributed by atoms with Crippen molar-refractivity contribution in [1.29, 1.82) is 0 Å². The van der Waals surface area contributed by atoms with E-state index in [0.717, 1.165) is 30.3 Å². The molecule has 0 atom stereocenters. The summed E-state index contributed by atoms with van der Waals surface area (Å²) in [5.41, 5.74) is 2.32. The third kappa shape index (κ3) is 1.91. The highest BCUT2D eigenvalue weighted by molar-refractivity contribution is 5.89. The van der Waals surface area contributed by atoms with Gasteiger partial charge in [-0.05, 0) is 44.1 Å². The van der Waals surface area contributed by atoms with Gasteiger partial charge in [0, 0.05) is 18.6 Å². The van der Waals surface area contributed by atoms with Gasteiger partial charge in [0.05, 0.1) is 5.52 Å². The normalized spacial score (nSPS) is 11.1. The van der Waals surface area contributed by atoms with E-state index in [1.54, 1.807) is 6.07 Å². The van der Waals surface area contributed by atoms with Gasteiger partial charge >= 0.3 is 0 Å². The molecule has 0 saturated heterocycles. The number of benzene rings is 1. The summed E-state index contributed by atoms with van der Waals surface area (Å²) in [5.74, 6) is 0.387. The maximum Gasteiger partial charge on any atom is 0.125 e. The molecule has 0 amide bonds. The van der Waals surface area contributed by atoms with Crippen molar-refractivity contribution >= 4 is 10.9 Å². The van der Waals surface area contributed by atoms with E-state index in [-0.39, 0.29) is 0 Å². The molecule has 0 radical (unpaired) electrons. The van der Waals surface area contributed by atoms with Crippen molar-refractivity contribution in [2.45, 2.75) is 12.8 Å². The summed E-state index contributed by atoms with van der Waals surface area (Å²) in [5, 5.41) is 14.0. The fraction of sp³-hybridized carbons (Fsp3) is 0.385. The molecule has 0 aliphatic rings. The first kappa shape index (κ1) is 11.0. The van der Waals surface area contributed by atoms with Crippen molar-refractivity contribution in [3.8, 4) is 5.75 Å². The van der Waals surface area contributed by atoms with Crippen LogP contribution in [0.5, 0.6) is 5.75 Å². The van der Waals surface area contributed by atoms with E-state index < -0.39 is 0 Å². The molecular formula is C13H18N2O. The molecule has 3 nitrogen and oxygen atoms in total. The lowest BCUT2D eigenvalue weighted by Gasteiger charge is -2.01. The maximum atomic E-state index is 9.89. The summed E-state index contributed by atoms with van der Waals surface area (Å²) in [4.78, 5) is 0. The molecule has 0 aliphatic carbocycles. The first-order chi connectivity index (χ1) is 7.74. The van der Waals surface area contributed by atoms with Gasteiger partial charge in [-0.3, -0.25) is 0 Å². The predicted molar refractivity (Wildman–Crippen MR) is 66.8 cm³/mol. The van der Waals surface area contributed by atoms with Gasteiger partial charge in [-0.2, -0.15) is 0 Å². The van der Waals surface area contributed by atoms with Crippen LogP contribution in [0.2, 0.25) is 0 Å².